The minimum atomic E-state index is -4.61. The van der Waals surface area contributed by atoms with E-state index in [0.29, 0.717) is 6.42 Å². The van der Waals surface area contributed by atoms with Crippen LogP contribution in [-0.2, 0) is 14.8 Å². The van der Waals surface area contributed by atoms with Gasteiger partial charge in [-0.25, -0.2) is 8.42 Å². The average molecular weight is 396 g/mol. The fourth-order valence-corrected chi connectivity index (χ4v) is 3.31. The van der Waals surface area contributed by atoms with E-state index in [1.165, 1.54) is 6.07 Å². The number of aliphatic carboxylic acids is 1. The van der Waals surface area contributed by atoms with E-state index in [-0.39, 0.29) is 5.56 Å². The fraction of sp³-hybridized carbons (Fsp3) is 0.467. The lowest BCUT2D eigenvalue weighted by molar-refractivity contribution is -0.140. The third-order valence-electron chi connectivity index (χ3n) is 3.62. The summed E-state index contributed by atoms with van der Waals surface area (Å²) in [4.78, 5) is 22.6. The number of rotatable bonds is 8. The summed E-state index contributed by atoms with van der Waals surface area (Å²) in [6, 6.07) is 2.93. The maximum atomic E-state index is 12.4. The molecule has 0 aromatic heterocycles. The second-order valence-electron chi connectivity index (χ2n) is 5.65. The van der Waals surface area contributed by atoms with Gasteiger partial charge in [0.05, 0.1) is 4.90 Å². The first-order valence-electron chi connectivity index (χ1n) is 7.57. The van der Waals surface area contributed by atoms with Gasteiger partial charge in [0.25, 0.3) is 5.91 Å². The van der Waals surface area contributed by atoms with Gasteiger partial charge in [0.15, 0.2) is 0 Å². The second-order valence-corrected chi connectivity index (χ2v) is 7.36. The van der Waals surface area contributed by atoms with Crippen LogP contribution in [0.5, 0.6) is 0 Å². The molecule has 0 spiro atoms. The third kappa shape index (κ3) is 6.30. The number of nitrogens with one attached hydrogen (secondary N) is 2. The standard InChI is InChI=1S/C15H19F3N2O5S/c1-3-9(2)12(14(22)23)20-26(24,25)11-6-4-5-10(7-11)13(21)19-8-15(16,17)18/h4-7,9,12,20H,3,8H2,1-2H3,(H,19,21)(H,22,23)/t9-,12-/m0/s1. The molecule has 0 aliphatic carbocycles. The zero-order valence-electron chi connectivity index (χ0n) is 14.0. The van der Waals surface area contributed by atoms with Crippen molar-refractivity contribution in [1.29, 1.82) is 0 Å². The molecule has 11 heteroatoms. The highest BCUT2D eigenvalue weighted by Gasteiger charge is 2.30. The third-order valence-corrected chi connectivity index (χ3v) is 5.06. The van der Waals surface area contributed by atoms with Gasteiger partial charge in [0, 0.05) is 5.56 Å². The number of amides is 1. The highest BCUT2D eigenvalue weighted by atomic mass is 32.2. The molecule has 0 radical (unpaired) electrons. The van der Waals surface area contributed by atoms with E-state index in [4.69, 9.17) is 0 Å². The predicted molar refractivity (Wildman–Crippen MR) is 86.0 cm³/mol. The van der Waals surface area contributed by atoms with Gasteiger partial charge in [-0.2, -0.15) is 17.9 Å². The van der Waals surface area contributed by atoms with Crippen molar-refractivity contribution in [2.45, 2.75) is 37.4 Å². The molecule has 1 aromatic carbocycles. The summed E-state index contributed by atoms with van der Waals surface area (Å²) in [5.74, 6) is -2.96. The molecule has 0 aliphatic rings. The Labute approximate surface area is 148 Å². The lowest BCUT2D eigenvalue weighted by Gasteiger charge is -2.20. The Morgan fingerprint density at radius 2 is 1.88 bits per heavy atom. The highest BCUT2D eigenvalue weighted by Crippen LogP contribution is 2.17. The molecular formula is C15H19F3N2O5S. The van der Waals surface area contributed by atoms with Gasteiger partial charge < -0.3 is 10.4 Å². The summed E-state index contributed by atoms with van der Waals surface area (Å²) < 4.78 is 63.2. The van der Waals surface area contributed by atoms with E-state index >= 15 is 0 Å². The number of hydrogen-bond acceptors (Lipinski definition) is 4. The predicted octanol–water partition coefficient (Wildman–Crippen LogP) is 1.76. The largest absolute Gasteiger partial charge is 0.480 e. The molecule has 7 nitrogen and oxygen atoms in total. The van der Waals surface area contributed by atoms with Crippen molar-refractivity contribution in [3.63, 3.8) is 0 Å². The first kappa shape index (κ1) is 21.9. The number of carboxylic acid groups (broad SMARTS) is 1. The van der Waals surface area contributed by atoms with Crippen LogP contribution >= 0.6 is 0 Å². The molecule has 3 N–H and O–H groups in total. The van der Waals surface area contributed by atoms with Crippen molar-refractivity contribution < 1.29 is 36.3 Å². The van der Waals surface area contributed by atoms with Crippen molar-refractivity contribution in [1.82, 2.24) is 10.0 Å². The Kier molecular flexibility index (Phi) is 7.16. The Hall–Kier alpha value is -2.14. The molecular weight excluding hydrogens is 377 g/mol. The highest BCUT2D eigenvalue weighted by molar-refractivity contribution is 7.89. The van der Waals surface area contributed by atoms with Crippen LogP contribution < -0.4 is 10.0 Å². The van der Waals surface area contributed by atoms with Crippen LogP contribution in [-0.4, -0.2) is 44.2 Å². The van der Waals surface area contributed by atoms with Gasteiger partial charge in [-0.05, 0) is 24.1 Å². The van der Waals surface area contributed by atoms with Gasteiger partial charge in [-0.3, -0.25) is 9.59 Å². The number of carbonyl (C=O) groups is 2. The lowest BCUT2D eigenvalue weighted by atomic mass is 10.0. The molecule has 0 unspecified atom stereocenters. The van der Waals surface area contributed by atoms with Gasteiger partial charge in [0.2, 0.25) is 10.0 Å². The monoisotopic (exact) mass is 396 g/mol. The average Bonchev–Trinajstić information content (AvgIpc) is 2.56. The van der Waals surface area contributed by atoms with Crippen LogP contribution in [0.15, 0.2) is 29.2 Å². The minimum absolute atomic E-state index is 0.299. The fourth-order valence-electron chi connectivity index (χ4n) is 1.97. The quantitative estimate of drug-likeness (QED) is 0.620. The van der Waals surface area contributed by atoms with Crippen molar-refractivity contribution >= 4 is 21.9 Å². The number of benzene rings is 1. The Morgan fingerprint density at radius 1 is 1.27 bits per heavy atom. The smallest absolute Gasteiger partial charge is 0.405 e. The molecule has 146 valence electrons. The molecule has 2 atom stereocenters. The lowest BCUT2D eigenvalue weighted by Crippen LogP contribution is -2.44. The van der Waals surface area contributed by atoms with E-state index in [0.717, 1.165) is 18.2 Å². The molecule has 0 saturated carbocycles. The van der Waals surface area contributed by atoms with Crippen LogP contribution in [0.3, 0.4) is 0 Å². The molecule has 0 heterocycles. The molecule has 1 amide bonds. The minimum Gasteiger partial charge on any atom is -0.480 e. The molecule has 26 heavy (non-hydrogen) atoms. The van der Waals surface area contributed by atoms with E-state index in [1.807, 2.05) is 4.72 Å². The normalized spacial score (nSPS) is 14.5. The summed E-state index contributed by atoms with van der Waals surface area (Å²) in [5, 5.41) is 10.8. The SMILES string of the molecule is CC[C@H](C)[C@H](NS(=O)(=O)c1cccc(C(=O)NCC(F)(F)F)c1)C(=O)O. The summed E-state index contributed by atoms with van der Waals surface area (Å²) in [6.45, 7) is 1.69. The second kappa shape index (κ2) is 8.49. The van der Waals surface area contributed by atoms with Crippen LogP contribution in [0, 0.1) is 5.92 Å². The maximum Gasteiger partial charge on any atom is 0.405 e. The van der Waals surface area contributed by atoms with E-state index in [2.05, 4.69) is 0 Å². The van der Waals surface area contributed by atoms with Crippen LogP contribution in [0.25, 0.3) is 0 Å². The Balaban J connectivity index is 3.04. The summed E-state index contributed by atoms with van der Waals surface area (Å²) in [6.07, 6.45) is -4.20. The Bertz CT molecular complexity index is 765. The van der Waals surface area contributed by atoms with E-state index in [9.17, 15) is 36.3 Å². The Morgan fingerprint density at radius 3 is 2.38 bits per heavy atom. The number of hydrogen-bond donors (Lipinski definition) is 3. The molecule has 1 rings (SSSR count). The maximum absolute atomic E-state index is 12.4. The van der Waals surface area contributed by atoms with Gasteiger partial charge >= 0.3 is 12.1 Å². The van der Waals surface area contributed by atoms with Crippen molar-refractivity contribution in [3.05, 3.63) is 29.8 Å². The first-order valence-corrected chi connectivity index (χ1v) is 9.06. The zero-order valence-corrected chi connectivity index (χ0v) is 14.8. The summed E-state index contributed by atoms with van der Waals surface area (Å²) >= 11 is 0. The summed E-state index contributed by atoms with van der Waals surface area (Å²) in [7, 11) is -4.29. The first-order chi connectivity index (χ1) is 11.9. The van der Waals surface area contributed by atoms with Gasteiger partial charge in [0.1, 0.15) is 12.6 Å². The molecule has 1 aromatic rings. The number of alkyl halides is 3. The van der Waals surface area contributed by atoms with E-state index < -0.39 is 51.5 Å². The summed E-state index contributed by atoms with van der Waals surface area (Å²) in [5.41, 5.74) is -0.299. The molecule has 0 saturated heterocycles. The van der Waals surface area contributed by atoms with Crippen LogP contribution in [0.1, 0.15) is 30.6 Å². The van der Waals surface area contributed by atoms with Gasteiger partial charge in [-0.1, -0.05) is 26.3 Å². The number of sulfonamides is 1. The topological polar surface area (TPSA) is 113 Å². The van der Waals surface area contributed by atoms with Crippen molar-refractivity contribution in [2.24, 2.45) is 5.92 Å². The number of carboxylic acids is 1. The molecule has 0 fully saturated rings. The van der Waals surface area contributed by atoms with Gasteiger partial charge in [-0.15, -0.1) is 0 Å². The van der Waals surface area contributed by atoms with E-state index in [1.54, 1.807) is 19.2 Å². The van der Waals surface area contributed by atoms with Crippen LogP contribution in [0.2, 0.25) is 0 Å². The number of carbonyl (C=O) groups excluding carboxylic acids is 1. The molecule has 0 bridgehead atoms. The van der Waals surface area contributed by atoms with Crippen molar-refractivity contribution in [2.75, 3.05) is 6.54 Å². The van der Waals surface area contributed by atoms with Crippen LogP contribution in [0.4, 0.5) is 13.2 Å². The number of halogens is 3. The van der Waals surface area contributed by atoms with Crippen molar-refractivity contribution in [3.8, 4) is 0 Å². The molecule has 0 aliphatic heterocycles. The zero-order chi connectivity index (χ0) is 20.1.